The highest BCUT2D eigenvalue weighted by Gasteiger charge is 2.24. The number of alkyl carbamates (subject to hydrolysis) is 1. The molecule has 1 atom stereocenters. The van der Waals surface area contributed by atoms with E-state index in [1.807, 2.05) is 30.3 Å². The summed E-state index contributed by atoms with van der Waals surface area (Å²) in [6.45, 7) is 0.0759. The molecule has 1 amide bonds. The Morgan fingerprint density at radius 1 is 1.29 bits per heavy atom. The van der Waals surface area contributed by atoms with E-state index in [1.54, 1.807) is 7.05 Å². The first-order valence-electron chi connectivity index (χ1n) is 7.29. The first kappa shape index (κ1) is 17.3. The molecule has 1 heterocycles. The largest absolute Gasteiger partial charge is 0.467 e. The predicted molar refractivity (Wildman–Crippen MR) is 85.3 cm³/mol. The Hall–Kier alpha value is -3.03. The lowest BCUT2D eigenvalue weighted by Crippen LogP contribution is -2.44. The number of methoxy groups -OCH3 is 1. The number of carbonyl (C=O) groups excluding carboxylic acids is 2. The van der Waals surface area contributed by atoms with Crippen LogP contribution in [0.25, 0.3) is 0 Å². The van der Waals surface area contributed by atoms with Gasteiger partial charge in [0.25, 0.3) is 5.56 Å². The number of carbonyl (C=O) groups is 2. The van der Waals surface area contributed by atoms with Crippen LogP contribution in [0.4, 0.5) is 4.79 Å². The molecule has 8 heteroatoms. The molecule has 0 unspecified atom stereocenters. The van der Waals surface area contributed by atoms with Gasteiger partial charge in [-0.25, -0.2) is 9.59 Å². The van der Waals surface area contributed by atoms with E-state index in [0.717, 1.165) is 5.56 Å². The Labute approximate surface area is 138 Å². The third-order valence-electron chi connectivity index (χ3n) is 3.43. The minimum absolute atomic E-state index is 0.00326. The molecule has 1 aromatic carbocycles. The van der Waals surface area contributed by atoms with Crippen LogP contribution in [0.2, 0.25) is 0 Å². The maximum Gasteiger partial charge on any atom is 0.408 e. The van der Waals surface area contributed by atoms with Gasteiger partial charge < -0.3 is 19.9 Å². The highest BCUT2D eigenvalue weighted by atomic mass is 16.6. The summed E-state index contributed by atoms with van der Waals surface area (Å²) < 4.78 is 11.0. The van der Waals surface area contributed by atoms with Crippen molar-refractivity contribution < 1.29 is 19.1 Å². The molecule has 0 fully saturated rings. The summed E-state index contributed by atoms with van der Waals surface area (Å²) in [4.78, 5) is 35.6. The summed E-state index contributed by atoms with van der Waals surface area (Å²) in [7, 11) is 2.77. The van der Waals surface area contributed by atoms with Crippen LogP contribution < -0.4 is 10.9 Å². The lowest BCUT2D eigenvalue weighted by Gasteiger charge is -2.15. The fourth-order valence-corrected chi connectivity index (χ4v) is 2.12. The minimum Gasteiger partial charge on any atom is -0.467 e. The van der Waals surface area contributed by atoms with Gasteiger partial charge in [-0.1, -0.05) is 30.3 Å². The number of esters is 1. The normalized spacial score (nSPS) is 11.6. The van der Waals surface area contributed by atoms with Crippen molar-refractivity contribution in [2.75, 3.05) is 7.11 Å². The van der Waals surface area contributed by atoms with Crippen molar-refractivity contribution in [3.05, 3.63) is 58.0 Å². The second-order valence-corrected chi connectivity index (χ2v) is 5.15. The fourth-order valence-electron chi connectivity index (χ4n) is 2.12. The molecule has 0 bridgehead atoms. The van der Waals surface area contributed by atoms with Crippen molar-refractivity contribution in [1.29, 1.82) is 0 Å². The maximum absolute atomic E-state index is 11.9. The summed E-state index contributed by atoms with van der Waals surface area (Å²) in [6.07, 6.45) is 0.722. The number of nitrogens with zero attached hydrogens (tertiary/aromatic N) is 1. The molecule has 128 valence electrons. The third-order valence-corrected chi connectivity index (χ3v) is 3.43. The van der Waals surface area contributed by atoms with Gasteiger partial charge in [0.2, 0.25) is 0 Å². The number of amides is 1. The Morgan fingerprint density at radius 2 is 2.00 bits per heavy atom. The van der Waals surface area contributed by atoms with E-state index in [9.17, 15) is 14.4 Å². The monoisotopic (exact) mass is 333 g/mol. The summed E-state index contributed by atoms with van der Waals surface area (Å²) >= 11 is 0. The van der Waals surface area contributed by atoms with Crippen molar-refractivity contribution in [2.45, 2.75) is 19.1 Å². The van der Waals surface area contributed by atoms with Crippen molar-refractivity contribution in [3.63, 3.8) is 0 Å². The summed E-state index contributed by atoms with van der Waals surface area (Å²) in [5.74, 6) is -0.657. The van der Waals surface area contributed by atoms with Crippen molar-refractivity contribution in [3.8, 4) is 0 Å². The van der Waals surface area contributed by atoms with Crippen molar-refractivity contribution >= 4 is 12.1 Å². The Morgan fingerprint density at radius 3 is 2.58 bits per heavy atom. The van der Waals surface area contributed by atoms with Crippen LogP contribution >= 0.6 is 0 Å². The fraction of sp³-hybridized carbons (Fsp3) is 0.312. The SMILES string of the molecule is COC(=O)[C@H](Cc1c[nH]n(C)c1=O)NC(=O)OCc1ccccc1. The second-order valence-electron chi connectivity index (χ2n) is 5.15. The summed E-state index contributed by atoms with van der Waals surface area (Å²) in [6, 6.07) is 8.13. The van der Waals surface area contributed by atoms with Crippen molar-refractivity contribution in [1.82, 2.24) is 15.1 Å². The number of ether oxygens (including phenoxy) is 2. The Bertz CT molecular complexity index is 751. The van der Waals surface area contributed by atoms with Crippen LogP contribution in [0, 0.1) is 0 Å². The smallest absolute Gasteiger partial charge is 0.408 e. The van der Waals surface area contributed by atoms with Gasteiger partial charge in [0.05, 0.1) is 7.11 Å². The van der Waals surface area contributed by atoms with Gasteiger partial charge in [-0.15, -0.1) is 0 Å². The Kier molecular flexibility index (Phi) is 5.78. The number of aromatic nitrogens is 2. The van der Waals surface area contributed by atoms with Crippen LogP contribution in [-0.2, 0) is 34.3 Å². The number of rotatable bonds is 6. The molecule has 0 radical (unpaired) electrons. The standard InChI is InChI=1S/C16H19N3O5/c1-19-14(20)12(9-17-19)8-13(15(21)23-2)18-16(22)24-10-11-6-4-3-5-7-11/h3-7,9,13,17H,8,10H2,1-2H3,(H,18,22)/t13-/m0/s1. The van der Waals surface area contributed by atoms with Gasteiger partial charge in [0.1, 0.15) is 12.6 Å². The zero-order valence-corrected chi connectivity index (χ0v) is 13.4. The molecular weight excluding hydrogens is 314 g/mol. The molecule has 0 aliphatic carbocycles. The predicted octanol–water partition coefficient (Wildman–Crippen LogP) is 0.724. The van der Waals surface area contributed by atoms with E-state index < -0.39 is 18.1 Å². The number of H-pyrrole nitrogens is 1. The van der Waals surface area contributed by atoms with E-state index in [-0.39, 0.29) is 18.6 Å². The zero-order valence-electron chi connectivity index (χ0n) is 13.4. The first-order valence-corrected chi connectivity index (χ1v) is 7.29. The van der Waals surface area contributed by atoms with E-state index in [2.05, 4.69) is 15.2 Å². The highest BCUT2D eigenvalue weighted by Crippen LogP contribution is 2.03. The number of hydrogen-bond acceptors (Lipinski definition) is 5. The van der Waals surface area contributed by atoms with Crippen LogP contribution in [0.3, 0.4) is 0 Å². The van der Waals surface area contributed by atoms with Gasteiger partial charge in [0, 0.05) is 25.2 Å². The second kappa shape index (κ2) is 8.00. The summed E-state index contributed by atoms with van der Waals surface area (Å²) in [5, 5.41) is 5.13. The molecule has 1 aromatic heterocycles. The molecule has 0 saturated carbocycles. The topological polar surface area (TPSA) is 102 Å². The molecule has 2 N–H and O–H groups in total. The number of hydrogen-bond donors (Lipinski definition) is 2. The van der Waals surface area contributed by atoms with E-state index in [1.165, 1.54) is 18.0 Å². The number of benzene rings is 1. The first-order chi connectivity index (χ1) is 11.5. The van der Waals surface area contributed by atoms with Gasteiger partial charge in [0.15, 0.2) is 0 Å². The van der Waals surface area contributed by atoms with Crippen LogP contribution in [0.5, 0.6) is 0 Å². The number of aryl methyl sites for hydroxylation is 1. The van der Waals surface area contributed by atoms with Crippen LogP contribution in [-0.4, -0.2) is 35.0 Å². The summed E-state index contributed by atoms with van der Waals surface area (Å²) in [5.41, 5.74) is 0.904. The molecule has 0 saturated heterocycles. The van der Waals surface area contributed by atoms with E-state index >= 15 is 0 Å². The van der Waals surface area contributed by atoms with Gasteiger partial charge in [-0.3, -0.25) is 9.48 Å². The molecule has 8 nitrogen and oxygen atoms in total. The molecular formula is C16H19N3O5. The lowest BCUT2D eigenvalue weighted by atomic mass is 10.1. The maximum atomic E-state index is 11.9. The van der Waals surface area contributed by atoms with Crippen molar-refractivity contribution in [2.24, 2.45) is 7.05 Å². The number of nitrogens with one attached hydrogen (secondary N) is 2. The average Bonchev–Trinajstić information content (AvgIpc) is 2.91. The molecule has 2 aromatic rings. The average molecular weight is 333 g/mol. The van der Waals surface area contributed by atoms with Crippen LogP contribution in [0.15, 0.2) is 41.3 Å². The van der Waals surface area contributed by atoms with Gasteiger partial charge in [-0.2, -0.15) is 0 Å². The molecule has 0 spiro atoms. The van der Waals surface area contributed by atoms with Gasteiger partial charge >= 0.3 is 12.1 Å². The molecule has 24 heavy (non-hydrogen) atoms. The molecule has 2 rings (SSSR count). The minimum atomic E-state index is -1.01. The third kappa shape index (κ3) is 4.48. The lowest BCUT2D eigenvalue weighted by molar-refractivity contribution is -0.143. The quantitative estimate of drug-likeness (QED) is 0.759. The Balaban J connectivity index is 1.98. The van der Waals surface area contributed by atoms with E-state index in [4.69, 9.17) is 4.74 Å². The zero-order chi connectivity index (χ0) is 17.5. The van der Waals surface area contributed by atoms with Gasteiger partial charge in [-0.05, 0) is 5.56 Å². The molecule has 0 aliphatic rings. The highest BCUT2D eigenvalue weighted by molar-refractivity contribution is 5.81. The van der Waals surface area contributed by atoms with E-state index in [0.29, 0.717) is 5.56 Å². The molecule has 0 aliphatic heterocycles. The number of aromatic amines is 1. The van der Waals surface area contributed by atoms with Crippen LogP contribution in [0.1, 0.15) is 11.1 Å².